The van der Waals surface area contributed by atoms with Gasteiger partial charge >= 0.3 is 0 Å². The number of allylic oxidation sites excluding steroid dienone is 3. The van der Waals surface area contributed by atoms with E-state index in [0.717, 1.165) is 32.1 Å². The third-order valence-corrected chi connectivity index (χ3v) is 4.32. The predicted octanol–water partition coefficient (Wildman–Crippen LogP) is 3.11. The van der Waals surface area contributed by atoms with Crippen LogP contribution in [0, 0.1) is 11.3 Å². The third-order valence-electron chi connectivity index (χ3n) is 4.32. The summed E-state index contributed by atoms with van der Waals surface area (Å²) in [5.74, 6) is 0.486. The summed E-state index contributed by atoms with van der Waals surface area (Å²) in [4.78, 5) is 0. The van der Waals surface area contributed by atoms with Crippen LogP contribution in [-0.2, 0) is 0 Å². The molecule has 17 heavy (non-hydrogen) atoms. The van der Waals surface area contributed by atoms with Gasteiger partial charge in [0.2, 0.25) is 0 Å². The summed E-state index contributed by atoms with van der Waals surface area (Å²) < 4.78 is 0. The first-order valence-electron chi connectivity index (χ1n) is 6.44. The van der Waals surface area contributed by atoms with Crippen molar-refractivity contribution < 1.29 is 0 Å². The van der Waals surface area contributed by atoms with Crippen molar-refractivity contribution in [2.45, 2.75) is 44.2 Å². The summed E-state index contributed by atoms with van der Waals surface area (Å²) in [7, 11) is 0. The average molecular weight is 234 g/mol. The Kier molecular flexibility index (Phi) is 4.72. The van der Waals surface area contributed by atoms with Gasteiger partial charge in [-0.2, -0.15) is 0 Å². The maximum atomic E-state index is 6.40. The van der Waals surface area contributed by atoms with E-state index < -0.39 is 5.66 Å². The van der Waals surface area contributed by atoms with Gasteiger partial charge in [-0.15, -0.1) is 19.7 Å². The van der Waals surface area contributed by atoms with E-state index in [1.165, 1.54) is 6.42 Å². The third kappa shape index (κ3) is 2.53. The molecule has 0 saturated heterocycles. The van der Waals surface area contributed by atoms with Crippen LogP contribution in [0.2, 0.25) is 0 Å². The van der Waals surface area contributed by atoms with Gasteiger partial charge in [0.1, 0.15) is 0 Å². The molecule has 0 radical (unpaired) electrons. The van der Waals surface area contributed by atoms with Gasteiger partial charge in [-0.05, 0) is 44.4 Å². The fourth-order valence-corrected chi connectivity index (χ4v) is 3.40. The summed E-state index contributed by atoms with van der Waals surface area (Å²) in [5.41, 5.74) is 12.1. The standard InChI is InChI=1S/C15H26N2/c1-4-8-13-9-7-12-15(16,17)14(13,10-5-2)11-6-3/h4-6,13H,1-3,7-12,16-17H2. The van der Waals surface area contributed by atoms with Crippen LogP contribution in [0.3, 0.4) is 0 Å². The molecule has 1 aliphatic rings. The minimum absolute atomic E-state index is 0.108. The highest BCUT2D eigenvalue weighted by Crippen LogP contribution is 2.51. The van der Waals surface area contributed by atoms with Crippen molar-refractivity contribution in [2.24, 2.45) is 22.8 Å². The zero-order valence-corrected chi connectivity index (χ0v) is 10.8. The number of hydrogen-bond acceptors (Lipinski definition) is 2. The van der Waals surface area contributed by atoms with E-state index >= 15 is 0 Å². The van der Waals surface area contributed by atoms with Crippen molar-refractivity contribution in [1.29, 1.82) is 0 Å². The lowest BCUT2D eigenvalue weighted by Crippen LogP contribution is -2.66. The Morgan fingerprint density at radius 2 is 1.65 bits per heavy atom. The maximum absolute atomic E-state index is 6.40. The summed E-state index contributed by atoms with van der Waals surface area (Å²) in [5, 5.41) is 0. The monoisotopic (exact) mass is 234 g/mol. The molecule has 1 saturated carbocycles. The molecule has 0 aromatic carbocycles. The molecule has 2 nitrogen and oxygen atoms in total. The van der Waals surface area contributed by atoms with Gasteiger partial charge in [-0.3, -0.25) is 0 Å². The van der Waals surface area contributed by atoms with Gasteiger partial charge in [0.25, 0.3) is 0 Å². The molecule has 0 aromatic heterocycles. The maximum Gasteiger partial charge on any atom is 0.0703 e. The molecular weight excluding hydrogens is 208 g/mol. The highest BCUT2D eigenvalue weighted by atomic mass is 15.0. The van der Waals surface area contributed by atoms with Crippen LogP contribution in [0.25, 0.3) is 0 Å². The lowest BCUT2D eigenvalue weighted by Gasteiger charge is -2.54. The molecule has 4 N–H and O–H groups in total. The van der Waals surface area contributed by atoms with Gasteiger partial charge in [0.05, 0.1) is 5.66 Å². The van der Waals surface area contributed by atoms with E-state index in [0.29, 0.717) is 5.92 Å². The molecule has 1 fully saturated rings. The smallest absolute Gasteiger partial charge is 0.0703 e. The molecule has 1 unspecified atom stereocenters. The number of nitrogens with two attached hydrogens (primary N) is 2. The minimum atomic E-state index is -0.624. The fourth-order valence-electron chi connectivity index (χ4n) is 3.40. The Balaban J connectivity index is 3.12. The number of hydrogen-bond donors (Lipinski definition) is 2. The molecule has 96 valence electrons. The molecule has 0 aliphatic heterocycles. The second-order valence-electron chi connectivity index (χ2n) is 5.30. The van der Waals surface area contributed by atoms with Gasteiger partial charge in [-0.25, -0.2) is 0 Å². The van der Waals surface area contributed by atoms with Crippen molar-refractivity contribution in [3.05, 3.63) is 38.0 Å². The Bertz CT molecular complexity index is 281. The lowest BCUT2D eigenvalue weighted by molar-refractivity contribution is 0.00594. The molecule has 0 bridgehead atoms. The van der Waals surface area contributed by atoms with E-state index in [2.05, 4.69) is 19.7 Å². The van der Waals surface area contributed by atoms with Crippen LogP contribution in [0.4, 0.5) is 0 Å². The summed E-state index contributed by atoms with van der Waals surface area (Å²) in [6, 6.07) is 0. The van der Waals surface area contributed by atoms with Crippen LogP contribution in [0.15, 0.2) is 38.0 Å². The first kappa shape index (κ1) is 14.2. The zero-order chi connectivity index (χ0) is 12.9. The molecule has 0 spiro atoms. The lowest BCUT2D eigenvalue weighted by atomic mass is 9.56. The van der Waals surface area contributed by atoms with Crippen molar-refractivity contribution >= 4 is 0 Å². The minimum Gasteiger partial charge on any atom is -0.313 e. The predicted molar refractivity (Wildman–Crippen MR) is 75.3 cm³/mol. The highest BCUT2D eigenvalue weighted by Gasteiger charge is 2.51. The van der Waals surface area contributed by atoms with Gasteiger partial charge in [0, 0.05) is 5.41 Å². The van der Waals surface area contributed by atoms with Gasteiger partial charge < -0.3 is 11.5 Å². The normalized spacial score (nSPS) is 26.1. The average Bonchev–Trinajstić information content (AvgIpc) is 2.25. The second kappa shape index (κ2) is 5.65. The molecular formula is C15H26N2. The molecule has 0 heterocycles. The summed E-state index contributed by atoms with van der Waals surface area (Å²) in [6.45, 7) is 11.6. The quantitative estimate of drug-likeness (QED) is 0.548. The van der Waals surface area contributed by atoms with E-state index in [4.69, 9.17) is 11.5 Å². The van der Waals surface area contributed by atoms with Crippen molar-refractivity contribution in [2.75, 3.05) is 0 Å². The highest BCUT2D eigenvalue weighted by molar-refractivity contribution is 5.10. The van der Waals surface area contributed by atoms with E-state index in [1.54, 1.807) is 0 Å². The first-order valence-corrected chi connectivity index (χ1v) is 6.44. The van der Waals surface area contributed by atoms with Crippen LogP contribution >= 0.6 is 0 Å². The van der Waals surface area contributed by atoms with E-state index in [-0.39, 0.29) is 5.41 Å². The molecule has 1 aliphatic carbocycles. The SMILES string of the molecule is C=CCC1CCCC(N)(N)C1(CC=C)CC=C. The Labute approximate surface area is 105 Å². The Hall–Kier alpha value is -0.860. The van der Waals surface area contributed by atoms with E-state index in [9.17, 15) is 0 Å². The molecule has 0 aromatic rings. The molecule has 2 heteroatoms. The fraction of sp³-hybridized carbons (Fsp3) is 0.600. The number of rotatable bonds is 6. The van der Waals surface area contributed by atoms with Gasteiger partial charge in [0.15, 0.2) is 0 Å². The second-order valence-corrected chi connectivity index (χ2v) is 5.30. The topological polar surface area (TPSA) is 52.0 Å². The van der Waals surface area contributed by atoms with Crippen molar-refractivity contribution in [3.8, 4) is 0 Å². The molecule has 0 amide bonds. The van der Waals surface area contributed by atoms with Crippen LogP contribution in [0.1, 0.15) is 38.5 Å². The largest absolute Gasteiger partial charge is 0.313 e. The first-order chi connectivity index (χ1) is 8.04. The molecule has 1 rings (SSSR count). The zero-order valence-electron chi connectivity index (χ0n) is 10.8. The van der Waals surface area contributed by atoms with Gasteiger partial charge in [-0.1, -0.05) is 18.2 Å². The van der Waals surface area contributed by atoms with E-state index in [1.807, 2.05) is 18.2 Å². The van der Waals surface area contributed by atoms with Crippen LogP contribution in [-0.4, -0.2) is 5.66 Å². The van der Waals surface area contributed by atoms with Crippen molar-refractivity contribution in [1.82, 2.24) is 0 Å². The Morgan fingerprint density at radius 1 is 1.06 bits per heavy atom. The van der Waals surface area contributed by atoms with Crippen LogP contribution < -0.4 is 11.5 Å². The molecule has 1 atom stereocenters. The van der Waals surface area contributed by atoms with Crippen LogP contribution in [0.5, 0.6) is 0 Å². The van der Waals surface area contributed by atoms with Crippen molar-refractivity contribution in [3.63, 3.8) is 0 Å². The summed E-state index contributed by atoms with van der Waals surface area (Å²) >= 11 is 0. The Morgan fingerprint density at radius 3 is 2.12 bits per heavy atom. The summed E-state index contributed by atoms with van der Waals surface area (Å²) in [6.07, 6.45) is 11.7.